The highest BCUT2D eigenvalue weighted by Gasteiger charge is 1.98. The quantitative estimate of drug-likeness (QED) is 0.803. The summed E-state index contributed by atoms with van der Waals surface area (Å²) in [7, 11) is 0. The second-order valence-corrected chi connectivity index (χ2v) is 5.50. The molecule has 0 radical (unpaired) electrons. The molecular formula is C12H18BrNS. The Balaban J connectivity index is 2.31. The van der Waals surface area contributed by atoms with Gasteiger partial charge in [-0.3, -0.25) is 0 Å². The number of hydrogen-bond donors (Lipinski definition) is 1. The van der Waals surface area contributed by atoms with Crippen LogP contribution in [0.25, 0.3) is 0 Å². The van der Waals surface area contributed by atoms with Gasteiger partial charge in [-0.1, -0.05) is 22.0 Å². The molecule has 1 rings (SSSR count). The zero-order chi connectivity index (χ0) is 11.1. The fraction of sp³-hybridized carbons (Fsp3) is 0.500. The molecule has 1 aromatic rings. The first-order chi connectivity index (χ1) is 7.24. The molecule has 1 nitrogen and oxygen atoms in total. The highest BCUT2D eigenvalue weighted by Crippen LogP contribution is 2.15. The monoisotopic (exact) mass is 287 g/mol. The standard InChI is InChI=1S/C12H18BrNS/c1-10-8-12(13)5-4-11(10)9-14-6-3-7-15-2/h4-5,8,14H,3,6-7,9H2,1-2H3. The summed E-state index contributed by atoms with van der Waals surface area (Å²) in [5.41, 5.74) is 2.74. The van der Waals surface area contributed by atoms with Crippen molar-refractivity contribution >= 4 is 27.7 Å². The van der Waals surface area contributed by atoms with Crippen molar-refractivity contribution in [3.8, 4) is 0 Å². The van der Waals surface area contributed by atoms with Crippen LogP contribution in [0.5, 0.6) is 0 Å². The maximum absolute atomic E-state index is 3.48. The van der Waals surface area contributed by atoms with E-state index in [0.29, 0.717) is 0 Å². The van der Waals surface area contributed by atoms with E-state index in [1.54, 1.807) is 0 Å². The minimum Gasteiger partial charge on any atom is -0.313 e. The van der Waals surface area contributed by atoms with Gasteiger partial charge in [0.25, 0.3) is 0 Å². The Morgan fingerprint density at radius 3 is 2.87 bits per heavy atom. The van der Waals surface area contributed by atoms with Gasteiger partial charge in [0, 0.05) is 11.0 Å². The largest absolute Gasteiger partial charge is 0.313 e. The number of nitrogens with one attached hydrogen (secondary N) is 1. The second-order valence-electron chi connectivity index (χ2n) is 3.59. The van der Waals surface area contributed by atoms with E-state index in [-0.39, 0.29) is 0 Å². The summed E-state index contributed by atoms with van der Waals surface area (Å²) in [6.45, 7) is 4.24. The molecule has 0 amide bonds. The third kappa shape index (κ3) is 5.05. The van der Waals surface area contributed by atoms with Crippen molar-refractivity contribution in [2.24, 2.45) is 0 Å². The molecule has 0 saturated heterocycles. The van der Waals surface area contributed by atoms with Crippen LogP contribution in [0.15, 0.2) is 22.7 Å². The molecule has 0 unspecified atom stereocenters. The summed E-state index contributed by atoms with van der Waals surface area (Å²) >= 11 is 5.38. The predicted octanol–water partition coefficient (Wildman–Crippen LogP) is 3.60. The third-order valence-corrected chi connectivity index (χ3v) is 3.51. The van der Waals surface area contributed by atoms with Gasteiger partial charge in [-0.25, -0.2) is 0 Å². The highest BCUT2D eigenvalue weighted by atomic mass is 79.9. The van der Waals surface area contributed by atoms with Crippen molar-refractivity contribution in [1.29, 1.82) is 0 Å². The van der Waals surface area contributed by atoms with Crippen molar-refractivity contribution in [3.05, 3.63) is 33.8 Å². The zero-order valence-electron chi connectivity index (χ0n) is 9.35. The van der Waals surface area contributed by atoms with Gasteiger partial charge < -0.3 is 5.32 Å². The second kappa shape index (κ2) is 7.31. The van der Waals surface area contributed by atoms with Gasteiger partial charge in [0.2, 0.25) is 0 Å². The Morgan fingerprint density at radius 2 is 2.20 bits per heavy atom. The molecule has 0 atom stereocenters. The van der Waals surface area contributed by atoms with E-state index in [1.807, 2.05) is 11.8 Å². The molecule has 0 heterocycles. The Hall–Kier alpha value is 0.01000. The Labute approximate surface area is 105 Å². The summed E-state index contributed by atoms with van der Waals surface area (Å²) in [4.78, 5) is 0. The fourth-order valence-electron chi connectivity index (χ4n) is 1.42. The van der Waals surface area contributed by atoms with Crippen LogP contribution >= 0.6 is 27.7 Å². The lowest BCUT2D eigenvalue weighted by Gasteiger charge is -2.07. The molecule has 0 spiro atoms. The Morgan fingerprint density at radius 1 is 1.40 bits per heavy atom. The van der Waals surface area contributed by atoms with Crippen LogP contribution in [0.4, 0.5) is 0 Å². The average molecular weight is 288 g/mol. The van der Waals surface area contributed by atoms with Crippen LogP contribution in [0, 0.1) is 6.92 Å². The molecule has 0 bridgehead atoms. The summed E-state index contributed by atoms with van der Waals surface area (Å²) in [6, 6.07) is 6.45. The van der Waals surface area contributed by atoms with Gasteiger partial charge >= 0.3 is 0 Å². The number of hydrogen-bond acceptors (Lipinski definition) is 2. The minimum atomic E-state index is 0.980. The van der Waals surface area contributed by atoms with Crippen molar-refractivity contribution in [3.63, 3.8) is 0 Å². The van der Waals surface area contributed by atoms with Gasteiger partial charge in [-0.15, -0.1) is 0 Å². The summed E-state index contributed by atoms with van der Waals surface area (Å²) < 4.78 is 1.16. The first kappa shape index (κ1) is 13.1. The highest BCUT2D eigenvalue weighted by molar-refractivity contribution is 9.10. The Bertz CT molecular complexity index is 302. The van der Waals surface area contributed by atoms with Gasteiger partial charge in [0.05, 0.1) is 0 Å². The van der Waals surface area contributed by atoms with Gasteiger partial charge in [0.1, 0.15) is 0 Å². The summed E-state index contributed by atoms with van der Waals surface area (Å²) in [6.07, 6.45) is 3.40. The average Bonchev–Trinajstić information content (AvgIpc) is 2.20. The molecule has 0 fully saturated rings. The van der Waals surface area contributed by atoms with Crippen molar-refractivity contribution in [1.82, 2.24) is 5.32 Å². The smallest absolute Gasteiger partial charge is 0.0208 e. The fourth-order valence-corrected chi connectivity index (χ4v) is 2.33. The van der Waals surface area contributed by atoms with Gasteiger partial charge in [0.15, 0.2) is 0 Å². The van der Waals surface area contributed by atoms with Crippen molar-refractivity contribution in [2.45, 2.75) is 19.9 Å². The SMILES string of the molecule is CSCCCNCc1ccc(Br)cc1C. The van der Waals surface area contributed by atoms with Crippen molar-refractivity contribution < 1.29 is 0 Å². The lowest BCUT2D eigenvalue weighted by Crippen LogP contribution is -2.15. The lowest BCUT2D eigenvalue weighted by molar-refractivity contribution is 0.676. The van der Waals surface area contributed by atoms with Gasteiger partial charge in [-0.2, -0.15) is 11.8 Å². The van der Waals surface area contributed by atoms with E-state index in [1.165, 1.54) is 23.3 Å². The molecular weight excluding hydrogens is 270 g/mol. The van der Waals surface area contributed by atoms with Gasteiger partial charge in [-0.05, 0) is 55.2 Å². The number of benzene rings is 1. The molecule has 0 aliphatic heterocycles. The van der Waals surface area contributed by atoms with Crippen LogP contribution in [-0.2, 0) is 6.54 Å². The minimum absolute atomic E-state index is 0.980. The molecule has 0 saturated carbocycles. The number of thioether (sulfide) groups is 1. The molecule has 0 aliphatic carbocycles. The molecule has 0 aromatic heterocycles. The van der Waals surface area contributed by atoms with Crippen LogP contribution in [0.2, 0.25) is 0 Å². The number of aryl methyl sites for hydroxylation is 1. The van der Waals surface area contributed by atoms with E-state index in [0.717, 1.165) is 17.6 Å². The van der Waals surface area contributed by atoms with Crippen molar-refractivity contribution in [2.75, 3.05) is 18.6 Å². The molecule has 1 N–H and O–H groups in total. The summed E-state index contributed by atoms with van der Waals surface area (Å²) in [5.74, 6) is 1.24. The maximum Gasteiger partial charge on any atom is 0.0208 e. The number of rotatable bonds is 6. The molecule has 3 heteroatoms. The first-order valence-electron chi connectivity index (χ1n) is 5.18. The lowest BCUT2D eigenvalue weighted by atomic mass is 10.1. The zero-order valence-corrected chi connectivity index (χ0v) is 11.7. The topological polar surface area (TPSA) is 12.0 Å². The Kier molecular flexibility index (Phi) is 6.37. The molecule has 0 aliphatic rings. The van der Waals surface area contributed by atoms with E-state index >= 15 is 0 Å². The molecule has 15 heavy (non-hydrogen) atoms. The van der Waals surface area contributed by atoms with Crippen LogP contribution in [0.3, 0.4) is 0 Å². The van der Waals surface area contributed by atoms with E-state index < -0.39 is 0 Å². The van der Waals surface area contributed by atoms with Crippen LogP contribution in [0.1, 0.15) is 17.5 Å². The van der Waals surface area contributed by atoms with Crippen LogP contribution in [-0.4, -0.2) is 18.6 Å². The molecule has 84 valence electrons. The first-order valence-corrected chi connectivity index (χ1v) is 7.37. The van der Waals surface area contributed by atoms with E-state index in [2.05, 4.69) is 52.6 Å². The van der Waals surface area contributed by atoms with E-state index in [4.69, 9.17) is 0 Å². The normalized spacial score (nSPS) is 10.6. The summed E-state index contributed by atoms with van der Waals surface area (Å²) in [5, 5.41) is 3.47. The van der Waals surface area contributed by atoms with E-state index in [9.17, 15) is 0 Å². The predicted molar refractivity (Wildman–Crippen MR) is 73.6 cm³/mol. The third-order valence-electron chi connectivity index (χ3n) is 2.32. The molecule has 1 aromatic carbocycles. The van der Waals surface area contributed by atoms with Crippen LogP contribution < -0.4 is 5.32 Å². The maximum atomic E-state index is 3.48. The number of halogens is 1.